The van der Waals surface area contributed by atoms with Crippen molar-refractivity contribution in [2.24, 2.45) is 0 Å². The number of fused-ring (bicyclic) bond motifs is 1. The maximum absolute atomic E-state index is 5.94. The van der Waals surface area contributed by atoms with Crippen molar-refractivity contribution in [2.45, 2.75) is 0 Å². The standard InChI is InChI=1S/C13H8ClN3/c14-10-5-4-9-8-16-13(17-12(9)7-10)11-3-1-2-6-15-11/h1-8H. The van der Waals surface area contributed by atoms with Crippen LogP contribution < -0.4 is 0 Å². The molecule has 0 aliphatic carbocycles. The highest BCUT2D eigenvalue weighted by Gasteiger charge is 2.03. The average Bonchev–Trinajstić information content (AvgIpc) is 2.39. The van der Waals surface area contributed by atoms with E-state index in [2.05, 4.69) is 15.0 Å². The summed E-state index contributed by atoms with van der Waals surface area (Å²) >= 11 is 5.94. The molecule has 0 unspecified atom stereocenters. The number of pyridine rings is 1. The lowest BCUT2D eigenvalue weighted by Gasteiger charge is -2.01. The first kappa shape index (κ1) is 10.2. The van der Waals surface area contributed by atoms with Crippen molar-refractivity contribution in [1.82, 2.24) is 15.0 Å². The number of hydrogen-bond donors (Lipinski definition) is 0. The van der Waals surface area contributed by atoms with Crippen LogP contribution >= 0.6 is 11.6 Å². The minimum atomic E-state index is 0.611. The molecule has 0 radical (unpaired) electrons. The molecule has 3 rings (SSSR count). The predicted octanol–water partition coefficient (Wildman–Crippen LogP) is 3.35. The Kier molecular flexibility index (Phi) is 2.46. The Balaban J connectivity index is 2.19. The third kappa shape index (κ3) is 1.97. The minimum absolute atomic E-state index is 0.611. The van der Waals surface area contributed by atoms with Gasteiger partial charge in [-0.15, -0.1) is 0 Å². The van der Waals surface area contributed by atoms with Crippen molar-refractivity contribution >= 4 is 22.5 Å². The summed E-state index contributed by atoms with van der Waals surface area (Å²) < 4.78 is 0. The molecule has 0 aliphatic heterocycles. The smallest absolute Gasteiger partial charge is 0.178 e. The molecule has 0 saturated heterocycles. The Morgan fingerprint density at radius 3 is 2.76 bits per heavy atom. The second-order valence-electron chi connectivity index (χ2n) is 3.61. The van der Waals surface area contributed by atoms with Crippen LogP contribution in [-0.4, -0.2) is 15.0 Å². The molecular weight excluding hydrogens is 234 g/mol. The molecule has 1 aromatic carbocycles. The van der Waals surface area contributed by atoms with Crippen LogP contribution in [0, 0.1) is 0 Å². The molecule has 0 aliphatic rings. The fraction of sp³-hybridized carbons (Fsp3) is 0. The Morgan fingerprint density at radius 1 is 1.00 bits per heavy atom. The van der Waals surface area contributed by atoms with Crippen LogP contribution in [-0.2, 0) is 0 Å². The van der Waals surface area contributed by atoms with Gasteiger partial charge in [0, 0.05) is 22.8 Å². The van der Waals surface area contributed by atoms with Gasteiger partial charge in [-0.05, 0) is 30.3 Å². The third-order valence-corrected chi connectivity index (χ3v) is 2.67. The summed E-state index contributed by atoms with van der Waals surface area (Å²) in [5.41, 5.74) is 1.59. The number of benzene rings is 1. The zero-order valence-corrected chi connectivity index (χ0v) is 9.59. The first-order valence-corrected chi connectivity index (χ1v) is 5.54. The van der Waals surface area contributed by atoms with Crippen molar-refractivity contribution in [3.8, 4) is 11.5 Å². The van der Waals surface area contributed by atoms with E-state index in [9.17, 15) is 0 Å². The number of halogens is 1. The Hall–Kier alpha value is -2.00. The molecule has 0 amide bonds. The zero-order chi connectivity index (χ0) is 11.7. The molecule has 0 fully saturated rings. The monoisotopic (exact) mass is 241 g/mol. The van der Waals surface area contributed by atoms with Gasteiger partial charge in [0.2, 0.25) is 0 Å². The molecule has 0 spiro atoms. The molecular formula is C13H8ClN3. The fourth-order valence-electron chi connectivity index (χ4n) is 1.61. The quantitative estimate of drug-likeness (QED) is 0.656. The zero-order valence-electron chi connectivity index (χ0n) is 8.84. The van der Waals surface area contributed by atoms with Gasteiger partial charge < -0.3 is 0 Å². The lowest BCUT2D eigenvalue weighted by atomic mass is 10.2. The van der Waals surface area contributed by atoms with E-state index < -0.39 is 0 Å². The Morgan fingerprint density at radius 2 is 1.94 bits per heavy atom. The van der Waals surface area contributed by atoms with Gasteiger partial charge in [0.25, 0.3) is 0 Å². The van der Waals surface area contributed by atoms with E-state index in [1.807, 2.05) is 36.4 Å². The van der Waals surface area contributed by atoms with Crippen LogP contribution in [0.25, 0.3) is 22.4 Å². The highest BCUT2D eigenvalue weighted by Crippen LogP contribution is 2.19. The average molecular weight is 242 g/mol. The van der Waals surface area contributed by atoms with Gasteiger partial charge in [0.15, 0.2) is 5.82 Å². The molecule has 0 N–H and O–H groups in total. The fourth-order valence-corrected chi connectivity index (χ4v) is 1.78. The van der Waals surface area contributed by atoms with Crippen LogP contribution in [0.4, 0.5) is 0 Å². The molecule has 2 aromatic heterocycles. The maximum atomic E-state index is 5.94. The molecule has 82 valence electrons. The van der Waals surface area contributed by atoms with Gasteiger partial charge in [-0.25, -0.2) is 9.97 Å². The summed E-state index contributed by atoms with van der Waals surface area (Å²) in [4.78, 5) is 13.0. The summed E-state index contributed by atoms with van der Waals surface area (Å²) in [6.07, 6.45) is 3.50. The van der Waals surface area contributed by atoms with E-state index in [4.69, 9.17) is 11.6 Å². The van der Waals surface area contributed by atoms with Crippen LogP contribution in [0.3, 0.4) is 0 Å². The van der Waals surface area contributed by atoms with Crippen LogP contribution in [0.2, 0.25) is 5.02 Å². The van der Waals surface area contributed by atoms with Gasteiger partial charge in [-0.2, -0.15) is 0 Å². The summed E-state index contributed by atoms with van der Waals surface area (Å²) in [5.74, 6) is 0.611. The van der Waals surface area contributed by atoms with Gasteiger partial charge in [-0.3, -0.25) is 4.98 Å². The molecule has 0 atom stereocenters. The number of aromatic nitrogens is 3. The molecule has 4 heteroatoms. The SMILES string of the molecule is Clc1ccc2cnc(-c3ccccn3)nc2c1. The summed E-state index contributed by atoms with van der Waals surface area (Å²) in [5, 5.41) is 1.64. The van der Waals surface area contributed by atoms with E-state index in [0.29, 0.717) is 10.8 Å². The molecule has 0 bridgehead atoms. The summed E-state index contributed by atoms with van der Waals surface area (Å²) in [6, 6.07) is 11.2. The predicted molar refractivity (Wildman–Crippen MR) is 67.8 cm³/mol. The minimum Gasteiger partial charge on any atom is -0.253 e. The van der Waals surface area contributed by atoms with Gasteiger partial charge in [0.05, 0.1) is 5.52 Å². The molecule has 3 nitrogen and oxygen atoms in total. The van der Waals surface area contributed by atoms with E-state index in [1.54, 1.807) is 12.4 Å². The van der Waals surface area contributed by atoms with Crippen molar-refractivity contribution in [3.05, 3.63) is 53.8 Å². The normalized spacial score (nSPS) is 10.6. The van der Waals surface area contributed by atoms with Gasteiger partial charge in [-0.1, -0.05) is 17.7 Å². The second kappa shape index (κ2) is 4.11. The third-order valence-electron chi connectivity index (χ3n) is 2.44. The van der Waals surface area contributed by atoms with Crippen LogP contribution in [0.15, 0.2) is 48.8 Å². The molecule has 2 heterocycles. The van der Waals surface area contributed by atoms with Crippen molar-refractivity contribution in [2.75, 3.05) is 0 Å². The molecule has 3 aromatic rings. The maximum Gasteiger partial charge on any atom is 0.178 e. The summed E-state index contributed by atoms with van der Waals surface area (Å²) in [7, 11) is 0. The Bertz CT molecular complexity index is 668. The largest absolute Gasteiger partial charge is 0.253 e. The Labute approximate surface area is 103 Å². The van der Waals surface area contributed by atoms with Crippen LogP contribution in [0.1, 0.15) is 0 Å². The van der Waals surface area contributed by atoms with Crippen LogP contribution in [0.5, 0.6) is 0 Å². The van der Waals surface area contributed by atoms with E-state index in [0.717, 1.165) is 16.6 Å². The van der Waals surface area contributed by atoms with Crippen molar-refractivity contribution in [3.63, 3.8) is 0 Å². The number of nitrogens with zero attached hydrogens (tertiary/aromatic N) is 3. The lowest BCUT2D eigenvalue weighted by molar-refractivity contribution is 1.18. The second-order valence-corrected chi connectivity index (χ2v) is 4.05. The lowest BCUT2D eigenvalue weighted by Crippen LogP contribution is -1.91. The van der Waals surface area contributed by atoms with Crippen molar-refractivity contribution < 1.29 is 0 Å². The van der Waals surface area contributed by atoms with Gasteiger partial charge >= 0.3 is 0 Å². The molecule has 17 heavy (non-hydrogen) atoms. The van der Waals surface area contributed by atoms with E-state index in [1.165, 1.54) is 0 Å². The number of hydrogen-bond acceptors (Lipinski definition) is 3. The van der Waals surface area contributed by atoms with Gasteiger partial charge in [0.1, 0.15) is 5.69 Å². The highest BCUT2D eigenvalue weighted by molar-refractivity contribution is 6.31. The number of rotatable bonds is 1. The summed E-state index contributed by atoms with van der Waals surface area (Å²) in [6.45, 7) is 0. The van der Waals surface area contributed by atoms with E-state index in [-0.39, 0.29) is 0 Å². The molecule has 0 saturated carbocycles. The topological polar surface area (TPSA) is 38.7 Å². The highest BCUT2D eigenvalue weighted by atomic mass is 35.5. The first-order chi connectivity index (χ1) is 8.33. The van der Waals surface area contributed by atoms with E-state index >= 15 is 0 Å². The first-order valence-electron chi connectivity index (χ1n) is 5.17. The van der Waals surface area contributed by atoms with Crippen molar-refractivity contribution in [1.29, 1.82) is 0 Å².